The van der Waals surface area contributed by atoms with Crippen molar-refractivity contribution in [3.8, 4) is 0 Å². The van der Waals surface area contributed by atoms with Crippen molar-refractivity contribution in [2.24, 2.45) is 0 Å². The first-order valence-electron chi connectivity index (χ1n) is 12.5. The molecule has 0 saturated heterocycles. The van der Waals surface area contributed by atoms with E-state index in [1.165, 1.54) is 45.0 Å². The highest BCUT2D eigenvalue weighted by Crippen LogP contribution is 2.45. The largest absolute Gasteiger partial charge is 0.107 e. The number of allylic oxidation sites excluding steroid dienone is 4. The summed E-state index contributed by atoms with van der Waals surface area (Å²) in [7, 11) is -1.47. The molecule has 0 fully saturated rings. The zero-order valence-electron chi connectivity index (χ0n) is 21.2. The summed E-state index contributed by atoms with van der Waals surface area (Å²) in [6.07, 6.45) is 2.20. The van der Waals surface area contributed by atoms with E-state index in [1.54, 1.807) is 15.9 Å². The molecule has 0 nitrogen and oxygen atoms in total. The van der Waals surface area contributed by atoms with Gasteiger partial charge in [0.1, 0.15) is 8.80 Å². The van der Waals surface area contributed by atoms with Gasteiger partial charge in [-0.3, -0.25) is 0 Å². The van der Waals surface area contributed by atoms with Crippen LogP contribution in [0.2, 0.25) is 6.04 Å². The molecule has 2 atom stereocenters. The molecular weight excluding hydrogens is 412 g/mol. The molecule has 0 heterocycles. The van der Waals surface area contributed by atoms with Crippen molar-refractivity contribution in [3.05, 3.63) is 117 Å². The maximum absolute atomic E-state index is 2.53. The fourth-order valence-corrected chi connectivity index (χ4v) is 9.22. The predicted octanol–water partition coefficient (Wildman–Crippen LogP) is 6.91. The maximum Gasteiger partial charge on any atom is 0.107 e. The molecule has 1 heteroatoms. The van der Waals surface area contributed by atoms with Crippen molar-refractivity contribution in [3.63, 3.8) is 0 Å². The van der Waals surface area contributed by atoms with Crippen molar-refractivity contribution < 1.29 is 0 Å². The van der Waals surface area contributed by atoms with Crippen LogP contribution in [0.1, 0.15) is 62.8 Å². The third kappa shape index (κ3) is 4.70. The topological polar surface area (TPSA) is 0 Å². The molecule has 1 aliphatic rings. The number of hydrogen-bond acceptors (Lipinski definition) is 0. The van der Waals surface area contributed by atoms with Gasteiger partial charge in [-0.2, -0.15) is 0 Å². The van der Waals surface area contributed by atoms with Crippen molar-refractivity contribution in [1.29, 1.82) is 0 Å². The third-order valence-electron chi connectivity index (χ3n) is 7.83. The molecule has 1 aliphatic carbocycles. The van der Waals surface area contributed by atoms with Gasteiger partial charge >= 0.3 is 0 Å². The first-order valence-corrected chi connectivity index (χ1v) is 14.5. The van der Waals surface area contributed by atoms with E-state index in [-0.39, 0.29) is 0 Å². The molecule has 2 unspecified atom stereocenters. The Morgan fingerprint density at radius 3 is 1.91 bits per heavy atom. The molecule has 0 bridgehead atoms. The summed E-state index contributed by atoms with van der Waals surface area (Å²) in [5.74, 6) is 0.422. The van der Waals surface area contributed by atoms with Crippen molar-refractivity contribution >= 4 is 19.2 Å². The normalized spacial score (nSPS) is 17.1. The molecular formula is C32H38Si. The predicted molar refractivity (Wildman–Crippen MR) is 148 cm³/mol. The Morgan fingerprint density at radius 2 is 1.30 bits per heavy atom. The molecule has 0 amide bonds. The van der Waals surface area contributed by atoms with E-state index < -0.39 is 8.80 Å². The number of benzene rings is 3. The summed E-state index contributed by atoms with van der Waals surface area (Å²) >= 11 is 0. The van der Waals surface area contributed by atoms with Crippen LogP contribution in [-0.4, -0.2) is 8.80 Å². The van der Waals surface area contributed by atoms with Gasteiger partial charge in [-0.05, 0) is 74.4 Å². The van der Waals surface area contributed by atoms with E-state index in [4.69, 9.17) is 0 Å². The van der Waals surface area contributed by atoms with Crippen LogP contribution in [0, 0.1) is 6.92 Å². The number of aryl methyl sites for hydroxylation is 3. The average molecular weight is 451 g/mol. The van der Waals surface area contributed by atoms with Crippen molar-refractivity contribution in [1.82, 2.24) is 0 Å². The zero-order chi connectivity index (χ0) is 23.5. The molecule has 0 aliphatic heterocycles. The highest BCUT2D eigenvalue weighted by molar-refractivity contribution is 6.86. The Bertz CT molecular complexity index is 1170. The van der Waals surface area contributed by atoms with Crippen LogP contribution in [0.15, 0.2) is 95.1 Å². The quantitative estimate of drug-likeness (QED) is 0.343. The van der Waals surface area contributed by atoms with E-state index in [0.29, 0.717) is 5.92 Å². The minimum Gasteiger partial charge on any atom is -0.0627 e. The maximum atomic E-state index is 2.53. The Hall–Kier alpha value is -2.64. The monoisotopic (exact) mass is 450 g/mol. The SMILES string of the molecule is CCc1cc(CC)cc([SiH](CC2=C(C)C(C)=C(C)C2c2ccccc2)c2ccccc2C)c1. The smallest absolute Gasteiger partial charge is 0.0627 e. The number of hydrogen-bond donors (Lipinski definition) is 0. The second kappa shape index (κ2) is 10.1. The van der Waals surface area contributed by atoms with E-state index in [0.717, 1.165) is 12.8 Å². The molecule has 0 spiro atoms. The van der Waals surface area contributed by atoms with Crippen LogP contribution >= 0.6 is 0 Å². The minimum absolute atomic E-state index is 0.422. The first kappa shape index (κ1) is 23.5. The summed E-state index contributed by atoms with van der Waals surface area (Å²) in [5, 5.41) is 3.21. The van der Waals surface area contributed by atoms with Crippen LogP contribution in [0.5, 0.6) is 0 Å². The van der Waals surface area contributed by atoms with Gasteiger partial charge in [-0.25, -0.2) is 0 Å². The van der Waals surface area contributed by atoms with Gasteiger partial charge in [0.05, 0.1) is 0 Å². The van der Waals surface area contributed by atoms with Crippen LogP contribution in [0.3, 0.4) is 0 Å². The molecule has 170 valence electrons. The van der Waals surface area contributed by atoms with Crippen LogP contribution in [0.4, 0.5) is 0 Å². The van der Waals surface area contributed by atoms with E-state index >= 15 is 0 Å². The van der Waals surface area contributed by atoms with Gasteiger partial charge in [0.15, 0.2) is 0 Å². The van der Waals surface area contributed by atoms with Gasteiger partial charge in [0, 0.05) is 5.92 Å². The summed E-state index contributed by atoms with van der Waals surface area (Å²) in [5.41, 5.74) is 12.1. The Labute approximate surface area is 202 Å². The lowest BCUT2D eigenvalue weighted by Crippen LogP contribution is -2.44. The summed E-state index contributed by atoms with van der Waals surface area (Å²) in [6, 6.07) is 29.0. The van der Waals surface area contributed by atoms with Gasteiger partial charge in [0.2, 0.25) is 0 Å². The lowest BCUT2D eigenvalue weighted by Gasteiger charge is -2.25. The average Bonchev–Trinajstić information content (AvgIpc) is 3.06. The lowest BCUT2D eigenvalue weighted by atomic mass is 9.89. The van der Waals surface area contributed by atoms with Crippen molar-refractivity contribution in [2.75, 3.05) is 0 Å². The Balaban J connectivity index is 1.85. The second-order valence-electron chi connectivity index (χ2n) is 9.71. The standard InChI is InChI=1S/C32H38Si/c1-7-26-18-27(8-2)20-29(19-26)33(31-17-13-12-14-22(31)3)21-30-24(5)23(4)25(6)32(30)28-15-10-9-11-16-28/h9-20,32-33H,7-8,21H2,1-6H3. The van der Waals surface area contributed by atoms with Gasteiger partial charge < -0.3 is 0 Å². The van der Waals surface area contributed by atoms with Crippen LogP contribution in [-0.2, 0) is 12.8 Å². The number of rotatable bonds is 7. The van der Waals surface area contributed by atoms with Gasteiger partial charge in [0.25, 0.3) is 0 Å². The summed E-state index contributed by atoms with van der Waals surface area (Å²) in [6.45, 7) is 13.9. The fraction of sp³-hybridized carbons (Fsp3) is 0.312. The molecule has 0 N–H and O–H groups in total. The van der Waals surface area contributed by atoms with Crippen LogP contribution in [0.25, 0.3) is 0 Å². The van der Waals surface area contributed by atoms with E-state index in [9.17, 15) is 0 Å². The Kier molecular flexibility index (Phi) is 7.19. The summed E-state index contributed by atoms with van der Waals surface area (Å²) in [4.78, 5) is 0. The lowest BCUT2D eigenvalue weighted by molar-refractivity contribution is 0.932. The highest BCUT2D eigenvalue weighted by atomic mass is 28.3. The van der Waals surface area contributed by atoms with Gasteiger partial charge in [-0.1, -0.05) is 114 Å². The van der Waals surface area contributed by atoms with E-state index in [1.807, 2.05) is 0 Å². The molecule has 33 heavy (non-hydrogen) atoms. The molecule has 0 aromatic heterocycles. The zero-order valence-corrected chi connectivity index (χ0v) is 22.4. The molecule has 4 rings (SSSR count). The molecule has 3 aromatic rings. The summed E-state index contributed by atoms with van der Waals surface area (Å²) < 4.78 is 0. The molecule has 0 radical (unpaired) electrons. The highest BCUT2D eigenvalue weighted by Gasteiger charge is 2.32. The minimum atomic E-state index is -1.47. The second-order valence-corrected chi connectivity index (χ2v) is 12.5. The molecule has 0 saturated carbocycles. The van der Waals surface area contributed by atoms with E-state index in [2.05, 4.69) is 114 Å². The first-order chi connectivity index (χ1) is 15.9. The van der Waals surface area contributed by atoms with Crippen LogP contribution < -0.4 is 10.4 Å². The Morgan fingerprint density at radius 1 is 0.697 bits per heavy atom. The fourth-order valence-electron chi connectivity index (χ4n) is 5.60. The third-order valence-corrected chi connectivity index (χ3v) is 11.2. The molecule has 3 aromatic carbocycles. The van der Waals surface area contributed by atoms with Gasteiger partial charge in [-0.15, -0.1) is 0 Å². The van der Waals surface area contributed by atoms with Crippen molar-refractivity contribution in [2.45, 2.75) is 66.3 Å².